The largest absolute Gasteiger partial charge is 0.316 e. The molecule has 0 aromatic rings. The van der Waals surface area contributed by atoms with Crippen LogP contribution in [-0.4, -0.2) is 82.3 Å². The Balaban J connectivity index is 0. The Morgan fingerprint density at radius 3 is 1.08 bits per heavy atom. The molecule has 4 aliphatic carbocycles. The van der Waals surface area contributed by atoms with E-state index in [1.165, 1.54) is 110 Å². The van der Waals surface area contributed by atoms with Crippen molar-refractivity contribution in [1.82, 2.24) is 31.9 Å². The second-order valence-electron chi connectivity index (χ2n) is 19.0. The van der Waals surface area contributed by atoms with Gasteiger partial charge in [-0.15, -0.1) is 0 Å². The Morgan fingerprint density at radius 1 is 0.453 bits per heavy atom. The standard InChI is InChI=1S/C9H19N.2C8H17N.C7H15NO.C7H15N.C7H17N/c1-8(2)6-7-10-9-4-3-5-9;1-7(2)5-6-9-8-3-4-8;1-7(2)6-9-8-4-3-5-8;1-6(2)4-8-5-7(3)9;1-6(2)5-8-7-3-4-7;1-4-5-8-6-7(2)3/h8-10H,3-7H2,1-2H3;2*7-9H,3-6H2,1-2H3;6,8H,4-5H2,1-3H3;6-8H,3-5H2,1-2H3;7-8H,4-6H2,1-3H3. The summed E-state index contributed by atoms with van der Waals surface area (Å²) < 4.78 is 0. The van der Waals surface area contributed by atoms with Gasteiger partial charge < -0.3 is 31.9 Å². The molecule has 320 valence electrons. The van der Waals surface area contributed by atoms with Crippen LogP contribution in [0.25, 0.3) is 0 Å². The fourth-order valence-electron chi connectivity index (χ4n) is 4.86. The minimum absolute atomic E-state index is 0.204. The van der Waals surface area contributed by atoms with Crippen LogP contribution in [0.1, 0.15) is 180 Å². The molecule has 7 heteroatoms. The highest BCUT2D eigenvalue weighted by Gasteiger charge is 2.20. The molecule has 4 aliphatic rings. The fourth-order valence-corrected chi connectivity index (χ4v) is 4.86. The molecule has 6 N–H and O–H groups in total. The maximum absolute atomic E-state index is 10.4. The van der Waals surface area contributed by atoms with Crippen LogP contribution in [-0.2, 0) is 4.79 Å². The SMILES string of the molecule is CC(=O)CNCC(C)C.CC(C)CCNC1CC1.CC(C)CCNC1CCC1.CC(C)CNC1CC1.CC(C)CNC1CCC1.CCCNCC(C)C. The summed E-state index contributed by atoms with van der Waals surface area (Å²) in [6.45, 7) is 39.2. The van der Waals surface area contributed by atoms with Crippen LogP contribution < -0.4 is 31.9 Å². The number of hydrogen-bond acceptors (Lipinski definition) is 7. The van der Waals surface area contributed by atoms with Crippen molar-refractivity contribution in [2.24, 2.45) is 35.5 Å². The van der Waals surface area contributed by atoms with Gasteiger partial charge in [-0.2, -0.15) is 0 Å². The first-order chi connectivity index (χ1) is 25.0. The first-order valence-electron chi connectivity index (χ1n) is 22.9. The summed E-state index contributed by atoms with van der Waals surface area (Å²) in [5, 5.41) is 20.4. The molecule has 0 aromatic carbocycles. The van der Waals surface area contributed by atoms with Gasteiger partial charge in [0, 0.05) is 24.2 Å². The Kier molecular flexibility index (Phi) is 38.1. The summed E-state index contributed by atoms with van der Waals surface area (Å²) in [5.74, 6) is 4.96. The van der Waals surface area contributed by atoms with E-state index in [2.05, 4.69) is 122 Å². The zero-order valence-corrected chi connectivity index (χ0v) is 38.5. The van der Waals surface area contributed by atoms with Crippen molar-refractivity contribution in [3.8, 4) is 0 Å². The second kappa shape index (κ2) is 37.0. The third-order valence-corrected chi connectivity index (χ3v) is 9.21. The van der Waals surface area contributed by atoms with E-state index in [4.69, 9.17) is 0 Å². The number of nitrogens with one attached hydrogen (secondary N) is 6. The molecule has 0 atom stereocenters. The van der Waals surface area contributed by atoms with Gasteiger partial charge in [-0.1, -0.05) is 103 Å². The van der Waals surface area contributed by atoms with E-state index in [9.17, 15) is 4.79 Å². The lowest BCUT2D eigenvalue weighted by atomic mass is 9.93. The van der Waals surface area contributed by atoms with E-state index in [0.717, 1.165) is 73.4 Å². The van der Waals surface area contributed by atoms with Crippen LogP contribution in [0.4, 0.5) is 0 Å². The van der Waals surface area contributed by atoms with Crippen LogP contribution in [0.2, 0.25) is 0 Å². The summed E-state index contributed by atoms with van der Waals surface area (Å²) in [6.07, 6.45) is 18.1. The quantitative estimate of drug-likeness (QED) is 0.0615. The van der Waals surface area contributed by atoms with Gasteiger partial charge in [0.15, 0.2) is 0 Å². The van der Waals surface area contributed by atoms with E-state index < -0.39 is 0 Å². The molecule has 0 bridgehead atoms. The average molecular weight is 753 g/mol. The highest BCUT2D eigenvalue weighted by molar-refractivity contribution is 5.77. The van der Waals surface area contributed by atoms with Gasteiger partial charge in [0.05, 0.1) is 6.54 Å². The summed E-state index contributed by atoms with van der Waals surface area (Å²) in [5.41, 5.74) is 0. The number of rotatable bonds is 22. The monoisotopic (exact) mass is 753 g/mol. The van der Waals surface area contributed by atoms with Crippen LogP contribution in [0.5, 0.6) is 0 Å². The lowest BCUT2D eigenvalue weighted by Crippen LogP contribution is -2.37. The van der Waals surface area contributed by atoms with Crippen LogP contribution in [0.15, 0.2) is 0 Å². The Bertz CT molecular complexity index is 751. The molecule has 0 radical (unpaired) electrons. The maximum atomic E-state index is 10.4. The molecule has 4 fully saturated rings. The van der Waals surface area contributed by atoms with Gasteiger partial charge in [0.2, 0.25) is 0 Å². The zero-order chi connectivity index (χ0) is 40.4. The minimum atomic E-state index is 0.204. The van der Waals surface area contributed by atoms with Gasteiger partial charge in [0.25, 0.3) is 0 Å². The van der Waals surface area contributed by atoms with Crippen molar-refractivity contribution in [1.29, 1.82) is 0 Å². The highest BCUT2D eigenvalue weighted by atomic mass is 16.1. The zero-order valence-electron chi connectivity index (χ0n) is 38.5. The predicted octanol–water partition coefficient (Wildman–Crippen LogP) is 9.60. The molecule has 53 heavy (non-hydrogen) atoms. The molecule has 4 rings (SSSR count). The topological polar surface area (TPSA) is 89.2 Å². The minimum Gasteiger partial charge on any atom is -0.316 e. The lowest BCUT2D eigenvalue weighted by molar-refractivity contribution is -0.116. The second-order valence-corrected chi connectivity index (χ2v) is 19.0. The van der Waals surface area contributed by atoms with Gasteiger partial charge in [0.1, 0.15) is 5.78 Å². The summed E-state index contributed by atoms with van der Waals surface area (Å²) in [7, 11) is 0. The van der Waals surface area contributed by atoms with Crippen molar-refractivity contribution in [2.75, 3.05) is 52.4 Å². The molecule has 0 aliphatic heterocycles. The number of ketones is 1. The summed E-state index contributed by atoms with van der Waals surface area (Å²) in [6, 6.07) is 3.52. The normalized spacial score (nSPS) is 16.7. The first-order valence-corrected chi connectivity index (χ1v) is 22.9. The smallest absolute Gasteiger partial charge is 0.143 e. The number of carbonyl (C=O) groups excluding carboxylic acids is 1. The van der Waals surface area contributed by atoms with Crippen LogP contribution in [0, 0.1) is 35.5 Å². The molecule has 4 saturated carbocycles. The maximum Gasteiger partial charge on any atom is 0.143 e. The molecular weight excluding hydrogens is 653 g/mol. The molecule has 0 saturated heterocycles. The predicted molar refractivity (Wildman–Crippen MR) is 238 cm³/mol. The van der Waals surface area contributed by atoms with E-state index in [0.29, 0.717) is 12.5 Å². The van der Waals surface area contributed by atoms with Crippen molar-refractivity contribution in [2.45, 2.75) is 205 Å². The highest BCUT2D eigenvalue weighted by Crippen LogP contribution is 2.20. The van der Waals surface area contributed by atoms with Crippen molar-refractivity contribution in [3.05, 3.63) is 0 Å². The fraction of sp³-hybridized carbons (Fsp3) is 0.978. The lowest BCUT2D eigenvalue weighted by Gasteiger charge is -2.27. The van der Waals surface area contributed by atoms with Crippen LogP contribution >= 0.6 is 0 Å². The molecule has 7 nitrogen and oxygen atoms in total. The van der Waals surface area contributed by atoms with Gasteiger partial charge in [-0.05, 0) is 159 Å². The van der Waals surface area contributed by atoms with Crippen molar-refractivity contribution < 1.29 is 4.79 Å². The number of carbonyl (C=O) groups is 1. The Morgan fingerprint density at radius 2 is 0.792 bits per heavy atom. The van der Waals surface area contributed by atoms with E-state index in [-0.39, 0.29) is 5.78 Å². The van der Waals surface area contributed by atoms with E-state index in [1.807, 2.05) is 0 Å². The van der Waals surface area contributed by atoms with Gasteiger partial charge in [-0.25, -0.2) is 0 Å². The average Bonchev–Trinajstić information content (AvgIpc) is 3.94. The Labute approximate surface area is 334 Å². The van der Waals surface area contributed by atoms with Crippen LogP contribution in [0.3, 0.4) is 0 Å². The number of Topliss-reactive ketones (excluding diaryl/α,β-unsaturated/α-hetero) is 1. The third-order valence-electron chi connectivity index (χ3n) is 9.21. The third kappa shape index (κ3) is 49.4. The molecule has 0 heterocycles. The van der Waals surface area contributed by atoms with E-state index in [1.54, 1.807) is 6.92 Å². The first kappa shape index (κ1) is 54.5. The van der Waals surface area contributed by atoms with Gasteiger partial charge >= 0.3 is 0 Å². The Hall–Kier alpha value is -0.570. The molecule has 0 unspecified atom stereocenters. The van der Waals surface area contributed by atoms with Gasteiger partial charge in [-0.3, -0.25) is 4.79 Å². The summed E-state index contributed by atoms with van der Waals surface area (Å²) >= 11 is 0. The molecule has 0 aromatic heterocycles. The summed E-state index contributed by atoms with van der Waals surface area (Å²) in [4.78, 5) is 10.4. The van der Waals surface area contributed by atoms with Crippen molar-refractivity contribution in [3.63, 3.8) is 0 Å². The molecule has 0 spiro atoms. The molecule has 0 amide bonds. The molecular formula is C46H100N6O. The van der Waals surface area contributed by atoms with E-state index >= 15 is 0 Å². The number of hydrogen-bond donors (Lipinski definition) is 6. The van der Waals surface area contributed by atoms with Crippen molar-refractivity contribution >= 4 is 5.78 Å².